The minimum atomic E-state index is -0.399. The lowest BCUT2D eigenvalue weighted by Crippen LogP contribution is -2.49. The van der Waals surface area contributed by atoms with Crippen molar-refractivity contribution in [3.63, 3.8) is 0 Å². The molecule has 1 saturated heterocycles. The molecule has 1 aromatic rings. The Balaban J connectivity index is 0.00000171. The van der Waals surface area contributed by atoms with Crippen molar-refractivity contribution in [2.24, 2.45) is 16.7 Å². The van der Waals surface area contributed by atoms with E-state index in [9.17, 15) is 5.11 Å². The number of hydrogen-bond acceptors (Lipinski definition) is 4. The second-order valence-electron chi connectivity index (χ2n) is 10.3. The molecule has 2 aliphatic carbocycles. The average molecular weight is 494 g/mol. The first-order valence-corrected chi connectivity index (χ1v) is 11.6. The van der Waals surface area contributed by atoms with Gasteiger partial charge in [-0.15, -0.1) is 24.8 Å². The number of ether oxygens (including phenoxy) is 1. The van der Waals surface area contributed by atoms with Gasteiger partial charge in [-0.2, -0.15) is 0 Å². The van der Waals surface area contributed by atoms with E-state index >= 15 is 0 Å². The van der Waals surface area contributed by atoms with Crippen LogP contribution in [0.5, 0.6) is 0 Å². The lowest BCUT2D eigenvalue weighted by molar-refractivity contribution is -0.0807. The summed E-state index contributed by atoms with van der Waals surface area (Å²) in [6.45, 7) is 13.4. The molecule has 1 aliphatic heterocycles. The normalized spacial score (nSPS) is 31.1. The highest BCUT2D eigenvalue weighted by atomic mass is 35.5. The van der Waals surface area contributed by atoms with E-state index in [1.54, 1.807) is 0 Å². The second-order valence-corrected chi connectivity index (χ2v) is 10.7. The van der Waals surface area contributed by atoms with E-state index in [2.05, 4.69) is 42.7 Å². The van der Waals surface area contributed by atoms with Gasteiger partial charge in [0.05, 0.1) is 18.8 Å². The minimum Gasteiger partial charge on any atom is -0.389 e. The largest absolute Gasteiger partial charge is 0.389 e. The topological polar surface area (TPSA) is 35.9 Å². The first-order valence-electron chi connectivity index (χ1n) is 11.3. The molecule has 4 unspecified atom stereocenters. The van der Waals surface area contributed by atoms with E-state index in [0.717, 1.165) is 43.7 Å². The van der Waals surface area contributed by atoms with E-state index in [4.69, 9.17) is 16.3 Å². The number of benzene rings is 1. The fourth-order valence-corrected chi connectivity index (χ4v) is 6.06. The van der Waals surface area contributed by atoms with E-state index < -0.39 is 6.10 Å². The summed E-state index contributed by atoms with van der Waals surface area (Å²) in [6, 6.07) is 8.13. The molecule has 4 nitrogen and oxygen atoms in total. The number of piperazine rings is 1. The van der Waals surface area contributed by atoms with Crippen LogP contribution >= 0.6 is 36.4 Å². The van der Waals surface area contributed by atoms with Crippen LogP contribution in [0.15, 0.2) is 24.3 Å². The van der Waals surface area contributed by atoms with Crippen LogP contribution in [0, 0.1) is 16.7 Å². The summed E-state index contributed by atoms with van der Waals surface area (Å²) >= 11 is 5.97. The highest BCUT2D eigenvalue weighted by Gasteiger charge is 2.61. The van der Waals surface area contributed by atoms with Crippen molar-refractivity contribution in [1.82, 2.24) is 9.80 Å². The Morgan fingerprint density at radius 1 is 1.06 bits per heavy atom. The van der Waals surface area contributed by atoms with Gasteiger partial charge in [0, 0.05) is 44.3 Å². The minimum absolute atomic E-state index is 0. The molecule has 4 atom stereocenters. The summed E-state index contributed by atoms with van der Waals surface area (Å²) in [6.07, 6.45) is 3.68. The van der Waals surface area contributed by atoms with E-state index in [-0.39, 0.29) is 30.2 Å². The van der Waals surface area contributed by atoms with Gasteiger partial charge >= 0.3 is 0 Å². The molecule has 1 heterocycles. The third-order valence-corrected chi connectivity index (χ3v) is 8.71. The van der Waals surface area contributed by atoms with Gasteiger partial charge in [0.2, 0.25) is 0 Å². The number of aliphatic hydroxyl groups excluding tert-OH is 1. The first-order chi connectivity index (χ1) is 13.8. The second kappa shape index (κ2) is 10.9. The van der Waals surface area contributed by atoms with Gasteiger partial charge in [-0.25, -0.2) is 0 Å². The number of aliphatic hydroxyl groups is 1. The summed E-state index contributed by atoms with van der Waals surface area (Å²) in [5.74, 6) is 0.781. The molecule has 0 spiro atoms. The fourth-order valence-electron chi connectivity index (χ4n) is 5.94. The Labute approximate surface area is 205 Å². The number of hydrogen-bond donors (Lipinski definition) is 1. The van der Waals surface area contributed by atoms with Gasteiger partial charge < -0.3 is 9.84 Å². The predicted molar refractivity (Wildman–Crippen MR) is 133 cm³/mol. The van der Waals surface area contributed by atoms with Crippen LogP contribution in [-0.2, 0) is 11.3 Å². The molecular weight excluding hydrogens is 455 g/mol. The van der Waals surface area contributed by atoms with E-state index in [0.29, 0.717) is 24.7 Å². The number of nitrogens with zero attached hydrogens (tertiary/aromatic N) is 2. The van der Waals surface area contributed by atoms with Crippen LogP contribution in [-0.4, -0.2) is 66.4 Å². The maximum atomic E-state index is 10.6. The smallest absolute Gasteiger partial charge is 0.0900 e. The van der Waals surface area contributed by atoms with Gasteiger partial charge in [0.25, 0.3) is 0 Å². The molecule has 2 bridgehead atoms. The van der Waals surface area contributed by atoms with Crippen molar-refractivity contribution in [3.05, 3.63) is 34.9 Å². The van der Waals surface area contributed by atoms with Gasteiger partial charge in [0.1, 0.15) is 0 Å². The molecule has 2 saturated carbocycles. The Kier molecular flexibility index (Phi) is 9.56. The number of fused-ring (bicyclic) bond motifs is 2. The Hall–Kier alpha value is -0.0700. The molecule has 0 radical (unpaired) electrons. The molecule has 0 amide bonds. The molecule has 1 aromatic carbocycles. The molecule has 178 valence electrons. The third-order valence-electron chi connectivity index (χ3n) is 8.46. The van der Waals surface area contributed by atoms with Crippen LogP contribution < -0.4 is 0 Å². The number of rotatable bonds is 7. The van der Waals surface area contributed by atoms with Crippen LogP contribution in [0.2, 0.25) is 5.02 Å². The average Bonchev–Trinajstić information content (AvgIpc) is 3.03. The maximum Gasteiger partial charge on any atom is 0.0900 e. The van der Waals surface area contributed by atoms with Gasteiger partial charge in [-0.3, -0.25) is 9.80 Å². The van der Waals surface area contributed by atoms with E-state index in [1.807, 2.05) is 12.1 Å². The van der Waals surface area contributed by atoms with Crippen molar-refractivity contribution < 1.29 is 9.84 Å². The molecular formula is C24H39Cl3N2O2. The highest BCUT2D eigenvalue weighted by molar-refractivity contribution is 6.30. The van der Waals surface area contributed by atoms with Crippen molar-refractivity contribution in [1.29, 1.82) is 0 Å². The molecule has 31 heavy (non-hydrogen) atoms. The Morgan fingerprint density at radius 3 is 2.23 bits per heavy atom. The number of β-amino-alcohol motifs (C(OH)–C–C–N with tert-alkyl or cyclic N) is 1. The van der Waals surface area contributed by atoms with E-state index in [1.165, 1.54) is 24.8 Å². The molecule has 0 aromatic heterocycles. The summed E-state index contributed by atoms with van der Waals surface area (Å²) in [7, 11) is 0. The predicted octanol–water partition coefficient (Wildman–Crippen LogP) is 4.89. The summed E-state index contributed by atoms with van der Waals surface area (Å²) in [5.41, 5.74) is 1.94. The SMILES string of the molecule is CC1(C)C2CCC1(C)C(OCC(O)CN1CCN(Cc3ccc(Cl)cc3)CC1)C2.Cl.Cl. The Bertz CT molecular complexity index is 695. The Morgan fingerprint density at radius 2 is 1.68 bits per heavy atom. The summed E-state index contributed by atoms with van der Waals surface area (Å²) < 4.78 is 6.29. The zero-order chi connectivity index (χ0) is 20.6. The molecule has 3 aliphatic rings. The molecule has 7 heteroatoms. The summed E-state index contributed by atoms with van der Waals surface area (Å²) in [4.78, 5) is 4.85. The zero-order valence-electron chi connectivity index (χ0n) is 19.1. The molecule has 1 N–H and O–H groups in total. The van der Waals surface area contributed by atoms with Gasteiger partial charge in [-0.05, 0) is 53.7 Å². The van der Waals surface area contributed by atoms with Crippen LogP contribution in [0.25, 0.3) is 0 Å². The monoisotopic (exact) mass is 492 g/mol. The van der Waals surface area contributed by atoms with Gasteiger partial charge in [0.15, 0.2) is 0 Å². The van der Waals surface area contributed by atoms with Crippen LogP contribution in [0.1, 0.15) is 45.6 Å². The van der Waals surface area contributed by atoms with Crippen molar-refractivity contribution in [2.45, 2.75) is 58.8 Å². The van der Waals surface area contributed by atoms with Crippen molar-refractivity contribution >= 4 is 36.4 Å². The molecule has 3 fully saturated rings. The third kappa shape index (κ3) is 5.71. The van der Waals surface area contributed by atoms with Crippen LogP contribution in [0.3, 0.4) is 0 Å². The number of halogens is 3. The lowest BCUT2D eigenvalue weighted by Gasteiger charge is -2.39. The van der Waals surface area contributed by atoms with Crippen molar-refractivity contribution in [3.8, 4) is 0 Å². The summed E-state index contributed by atoms with van der Waals surface area (Å²) in [5, 5.41) is 11.4. The maximum absolute atomic E-state index is 10.6. The quantitative estimate of drug-likeness (QED) is 0.586. The standard InChI is InChI=1S/C24H37ClN2O2.2ClH/c1-23(2)19-8-9-24(23,3)22(14-19)29-17-21(28)16-27-12-10-26(11-13-27)15-18-4-6-20(25)7-5-18;;/h4-7,19,21-22,28H,8-17H2,1-3H3;2*1H. The van der Waals surface area contributed by atoms with Crippen molar-refractivity contribution in [2.75, 3.05) is 39.3 Å². The van der Waals surface area contributed by atoms with Gasteiger partial charge in [-0.1, -0.05) is 44.5 Å². The first kappa shape index (κ1) is 27.2. The zero-order valence-corrected chi connectivity index (χ0v) is 21.4. The highest BCUT2D eigenvalue weighted by Crippen LogP contribution is 2.66. The molecule has 4 rings (SSSR count). The fraction of sp³-hybridized carbons (Fsp3) is 0.750. The van der Waals surface area contributed by atoms with Crippen LogP contribution in [0.4, 0.5) is 0 Å². The lowest BCUT2D eigenvalue weighted by atomic mass is 9.70.